The van der Waals surface area contributed by atoms with Crippen molar-refractivity contribution in [3.05, 3.63) is 59.7 Å². The molecule has 1 N–H and O–H groups in total. The van der Waals surface area contributed by atoms with Gasteiger partial charge in [-0.3, -0.25) is 9.59 Å². The van der Waals surface area contributed by atoms with Crippen molar-refractivity contribution in [1.82, 2.24) is 10.2 Å². The van der Waals surface area contributed by atoms with Gasteiger partial charge in [0, 0.05) is 13.1 Å². The molecule has 0 bridgehead atoms. The van der Waals surface area contributed by atoms with E-state index in [1.165, 1.54) is 0 Å². The molecule has 168 valence electrons. The molecule has 2 aromatic carbocycles. The standard InChI is InChI=1S/C25H34N2O4/c1-5-7-15-26-25(29)22(6-2)27(17-20-12-10-13-21(16-20)30-4)24(28)18-31-23-14-9-8-11-19(23)3/h8-14,16,22H,5-7,15,17-18H2,1-4H3,(H,26,29)/t22-/m0/s1. The van der Waals surface area contributed by atoms with Crippen LogP contribution in [0.15, 0.2) is 48.5 Å². The summed E-state index contributed by atoms with van der Waals surface area (Å²) in [5, 5.41) is 2.96. The average molecular weight is 427 g/mol. The van der Waals surface area contributed by atoms with Crippen LogP contribution in [0.1, 0.15) is 44.2 Å². The van der Waals surface area contributed by atoms with Crippen LogP contribution in [0.5, 0.6) is 11.5 Å². The number of para-hydroxylation sites is 1. The van der Waals surface area contributed by atoms with E-state index >= 15 is 0 Å². The van der Waals surface area contributed by atoms with Crippen LogP contribution < -0.4 is 14.8 Å². The number of aryl methyl sites for hydroxylation is 1. The summed E-state index contributed by atoms with van der Waals surface area (Å²) >= 11 is 0. The number of ether oxygens (including phenoxy) is 2. The number of carbonyl (C=O) groups excluding carboxylic acids is 2. The van der Waals surface area contributed by atoms with E-state index in [-0.39, 0.29) is 18.4 Å². The molecule has 0 radical (unpaired) electrons. The fourth-order valence-corrected chi connectivity index (χ4v) is 3.33. The van der Waals surface area contributed by atoms with Crippen LogP contribution in [-0.2, 0) is 16.1 Å². The first kappa shape index (κ1) is 24.3. The monoisotopic (exact) mass is 426 g/mol. The third kappa shape index (κ3) is 7.31. The predicted octanol–water partition coefficient (Wildman–Crippen LogP) is 4.11. The van der Waals surface area contributed by atoms with Gasteiger partial charge in [0.1, 0.15) is 17.5 Å². The first-order valence-electron chi connectivity index (χ1n) is 10.9. The summed E-state index contributed by atoms with van der Waals surface area (Å²) in [6.07, 6.45) is 2.41. The summed E-state index contributed by atoms with van der Waals surface area (Å²) in [5.74, 6) is 1.01. The van der Waals surface area contributed by atoms with Gasteiger partial charge in [0.25, 0.3) is 5.91 Å². The zero-order valence-corrected chi connectivity index (χ0v) is 19.0. The molecule has 0 aromatic heterocycles. The zero-order chi connectivity index (χ0) is 22.6. The van der Waals surface area contributed by atoms with Crippen LogP contribution in [0, 0.1) is 6.92 Å². The Hall–Kier alpha value is -3.02. The SMILES string of the molecule is CCCCNC(=O)[C@H](CC)N(Cc1cccc(OC)c1)C(=O)COc1ccccc1C. The van der Waals surface area contributed by atoms with Gasteiger partial charge < -0.3 is 19.7 Å². The molecule has 6 heteroatoms. The van der Waals surface area contributed by atoms with Gasteiger partial charge in [-0.25, -0.2) is 0 Å². The number of hydrogen-bond acceptors (Lipinski definition) is 4. The third-order valence-corrected chi connectivity index (χ3v) is 5.15. The fraction of sp³-hybridized carbons (Fsp3) is 0.440. The number of benzene rings is 2. The molecule has 2 aromatic rings. The van der Waals surface area contributed by atoms with Crippen LogP contribution in [-0.4, -0.2) is 43.0 Å². The predicted molar refractivity (Wildman–Crippen MR) is 122 cm³/mol. The highest BCUT2D eigenvalue weighted by Gasteiger charge is 2.29. The molecular weight excluding hydrogens is 392 g/mol. The molecule has 0 saturated heterocycles. The smallest absolute Gasteiger partial charge is 0.261 e. The maximum atomic E-state index is 13.2. The molecule has 0 aliphatic carbocycles. The van der Waals surface area contributed by atoms with E-state index in [4.69, 9.17) is 9.47 Å². The highest BCUT2D eigenvalue weighted by Crippen LogP contribution is 2.19. The lowest BCUT2D eigenvalue weighted by molar-refractivity contribution is -0.143. The van der Waals surface area contributed by atoms with Gasteiger partial charge in [0.05, 0.1) is 7.11 Å². The summed E-state index contributed by atoms with van der Waals surface area (Å²) < 4.78 is 11.1. The highest BCUT2D eigenvalue weighted by atomic mass is 16.5. The first-order chi connectivity index (χ1) is 15.0. The number of methoxy groups -OCH3 is 1. The Morgan fingerprint density at radius 2 is 1.87 bits per heavy atom. The molecule has 0 aliphatic heterocycles. The van der Waals surface area contributed by atoms with Crippen molar-refractivity contribution >= 4 is 11.8 Å². The number of unbranched alkanes of at least 4 members (excludes halogenated alkanes) is 1. The van der Waals surface area contributed by atoms with Gasteiger partial charge in [-0.2, -0.15) is 0 Å². The second-order valence-electron chi connectivity index (χ2n) is 7.50. The Morgan fingerprint density at radius 3 is 2.55 bits per heavy atom. The van der Waals surface area contributed by atoms with E-state index in [2.05, 4.69) is 12.2 Å². The summed E-state index contributed by atoms with van der Waals surface area (Å²) in [4.78, 5) is 27.7. The topological polar surface area (TPSA) is 67.9 Å². The van der Waals surface area contributed by atoms with Crippen LogP contribution in [0.3, 0.4) is 0 Å². The Kier molecular flexibility index (Phi) is 9.88. The van der Waals surface area contributed by atoms with Crippen LogP contribution in [0.25, 0.3) is 0 Å². The summed E-state index contributed by atoms with van der Waals surface area (Å²) in [6, 6.07) is 14.5. The molecule has 0 spiro atoms. The quantitative estimate of drug-likeness (QED) is 0.519. The Morgan fingerprint density at radius 1 is 1.10 bits per heavy atom. The second-order valence-corrected chi connectivity index (χ2v) is 7.50. The lowest BCUT2D eigenvalue weighted by atomic mass is 10.1. The number of hydrogen-bond donors (Lipinski definition) is 1. The molecule has 6 nitrogen and oxygen atoms in total. The molecule has 0 unspecified atom stereocenters. The lowest BCUT2D eigenvalue weighted by Gasteiger charge is -2.30. The van der Waals surface area contributed by atoms with Crippen molar-refractivity contribution in [3.63, 3.8) is 0 Å². The van der Waals surface area contributed by atoms with E-state index in [1.807, 2.05) is 62.4 Å². The molecule has 2 rings (SSSR count). The molecule has 0 heterocycles. The number of rotatable bonds is 12. The van der Waals surface area contributed by atoms with Crippen molar-refractivity contribution < 1.29 is 19.1 Å². The summed E-state index contributed by atoms with van der Waals surface area (Å²) in [7, 11) is 1.61. The van der Waals surface area contributed by atoms with Crippen molar-refractivity contribution in [2.75, 3.05) is 20.3 Å². The number of nitrogens with one attached hydrogen (secondary N) is 1. The normalized spacial score (nSPS) is 11.5. The van der Waals surface area contributed by atoms with Gasteiger partial charge in [-0.05, 0) is 49.1 Å². The molecule has 1 atom stereocenters. The molecule has 0 fully saturated rings. The van der Waals surface area contributed by atoms with Gasteiger partial charge in [-0.15, -0.1) is 0 Å². The summed E-state index contributed by atoms with van der Waals surface area (Å²) in [5.41, 5.74) is 1.85. The summed E-state index contributed by atoms with van der Waals surface area (Å²) in [6.45, 7) is 6.69. The van der Waals surface area contributed by atoms with Crippen LogP contribution >= 0.6 is 0 Å². The molecule has 0 saturated carbocycles. The molecule has 0 aliphatic rings. The fourth-order valence-electron chi connectivity index (χ4n) is 3.33. The minimum atomic E-state index is -0.573. The maximum Gasteiger partial charge on any atom is 0.261 e. The van der Waals surface area contributed by atoms with Gasteiger partial charge in [-0.1, -0.05) is 50.6 Å². The van der Waals surface area contributed by atoms with E-state index in [9.17, 15) is 9.59 Å². The van der Waals surface area contributed by atoms with Crippen LogP contribution in [0.4, 0.5) is 0 Å². The van der Waals surface area contributed by atoms with Crippen molar-refractivity contribution in [3.8, 4) is 11.5 Å². The number of nitrogens with zero attached hydrogens (tertiary/aromatic N) is 1. The maximum absolute atomic E-state index is 13.2. The highest BCUT2D eigenvalue weighted by molar-refractivity contribution is 5.88. The minimum Gasteiger partial charge on any atom is -0.497 e. The van der Waals surface area contributed by atoms with E-state index < -0.39 is 6.04 Å². The van der Waals surface area contributed by atoms with Gasteiger partial charge >= 0.3 is 0 Å². The Bertz CT molecular complexity index is 853. The molecule has 31 heavy (non-hydrogen) atoms. The van der Waals surface area contributed by atoms with Gasteiger partial charge in [0.2, 0.25) is 5.91 Å². The minimum absolute atomic E-state index is 0.131. The number of carbonyl (C=O) groups is 2. The van der Waals surface area contributed by atoms with E-state index in [0.717, 1.165) is 24.0 Å². The van der Waals surface area contributed by atoms with Gasteiger partial charge in [0.15, 0.2) is 6.61 Å². The van der Waals surface area contributed by atoms with Crippen molar-refractivity contribution in [2.45, 2.75) is 52.6 Å². The largest absolute Gasteiger partial charge is 0.497 e. The third-order valence-electron chi connectivity index (χ3n) is 5.15. The molecular formula is C25H34N2O4. The van der Waals surface area contributed by atoms with Crippen molar-refractivity contribution in [1.29, 1.82) is 0 Å². The zero-order valence-electron chi connectivity index (χ0n) is 19.0. The first-order valence-corrected chi connectivity index (χ1v) is 10.9. The molecule has 2 amide bonds. The second kappa shape index (κ2) is 12.6. The van der Waals surface area contributed by atoms with Crippen LogP contribution in [0.2, 0.25) is 0 Å². The number of amides is 2. The Labute approximate surface area is 185 Å². The lowest BCUT2D eigenvalue weighted by Crippen LogP contribution is -2.50. The van der Waals surface area contributed by atoms with E-state index in [0.29, 0.717) is 31.0 Å². The average Bonchev–Trinajstić information content (AvgIpc) is 2.78. The van der Waals surface area contributed by atoms with Crippen molar-refractivity contribution in [2.24, 2.45) is 0 Å². The Balaban J connectivity index is 2.21. The van der Waals surface area contributed by atoms with E-state index in [1.54, 1.807) is 12.0 Å².